The largest absolute Gasteiger partial charge is 0.351 e. The van der Waals surface area contributed by atoms with Crippen LogP contribution >= 0.6 is 0 Å². The second-order valence-electron chi connectivity index (χ2n) is 5.74. The zero-order valence-corrected chi connectivity index (χ0v) is 12.9. The number of rotatable bonds is 2. The Morgan fingerprint density at radius 1 is 1.08 bits per heavy atom. The molecule has 3 aromatic rings. The molecule has 0 unspecified atom stereocenters. The number of benzene rings is 1. The molecular formula is C17H16FN5O. The highest BCUT2D eigenvalue weighted by Gasteiger charge is 2.24. The number of piperazine rings is 1. The summed E-state index contributed by atoms with van der Waals surface area (Å²) in [4.78, 5) is 28.0. The van der Waals surface area contributed by atoms with E-state index in [4.69, 9.17) is 0 Å². The van der Waals surface area contributed by atoms with Crippen LogP contribution in [0.1, 0.15) is 10.5 Å². The van der Waals surface area contributed by atoms with Gasteiger partial charge < -0.3 is 14.8 Å². The number of aromatic nitrogens is 3. The van der Waals surface area contributed by atoms with E-state index in [1.165, 1.54) is 12.1 Å². The number of carbonyl (C=O) groups is 1. The van der Waals surface area contributed by atoms with E-state index >= 15 is 0 Å². The first-order valence-electron chi connectivity index (χ1n) is 7.80. The lowest BCUT2D eigenvalue weighted by Gasteiger charge is -2.34. The molecule has 7 heteroatoms. The van der Waals surface area contributed by atoms with Crippen LogP contribution in [0.2, 0.25) is 0 Å². The van der Waals surface area contributed by atoms with Crippen molar-refractivity contribution in [2.24, 2.45) is 0 Å². The average molecular weight is 325 g/mol. The van der Waals surface area contributed by atoms with Gasteiger partial charge in [-0.1, -0.05) is 0 Å². The molecule has 1 saturated heterocycles. The van der Waals surface area contributed by atoms with E-state index in [0.29, 0.717) is 43.2 Å². The van der Waals surface area contributed by atoms with E-state index in [2.05, 4.69) is 19.9 Å². The maximum Gasteiger partial charge on any atom is 0.270 e. The van der Waals surface area contributed by atoms with Gasteiger partial charge in [0.05, 0.1) is 0 Å². The number of hydrogen-bond acceptors (Lipinski definition) is 4. The van der Waals surface area contributed by atoms with Crippen molar-refractivity contribution in [1.82, 2.24) is 19.9 Å². The van der Waals surface area contributed by atoms with Crippen LogP contribution in [0.4, 0.5) is 10.3 Å². The van der Waals surface area contributed by atoms with Crippen molar-refractivity contribution in [3.05, 3.63) is 54.2 Å². The van der Waals surface area contributed by atoms with Crippen molar-refractivity contribution in [3.8, 4) is 0 Å². The monoisotopic (exact) mass is 325 g/mol. The Hall–Kier alpha value is -2.96. The number of halogens is 1. The summed E-state index contributed by atoms with van der Waals surface area (Å²) in [5.74, 6) is 0.308. The van der Waals surface area contributed by atoms with Crippen molar-refractivity contribution in [2.75, 3.05) is 31.1 Å². The molecule has 1 N–H and O–H groups in total. The van der Waals surface area contributed by atoms with Crippen molar-refractivity contribution in [1.29, 1.82) is 0 Å². The van der Waals surface area contributed by atoms with Crippen LogP contribution in [0.15, 0.2) is 42.7 Å². The first-order chi connectivity index (χ1) is 11.7. The first-order valence-corrected chi connectivity index (χ1v) is 7.80. The number of hydrogen-bond donors (Lipinski definition) is 1. The summed E-state index contributed by atoms with van der Waals surface area (Å²) < 4.78 is 13.3. The van der Waals surface area contributed by atoms with Crippen molar-refractivity contribution >= 4 is 22.8 Å². The fourth-order valence-electron chi connectivity index (χ4n) is 2.95. The molecule has 1 aromatic carbocycles. The highest BCUT2D eigenvalue weighted by molar-refractivity contribution is 5.98. The Bertz CT molecular complexity index is 871. The molecule has 0 aliphatic carbocycles. The van der Waals surface area contributed by atoms with E-state index in [1.807, 2.05) is 0 Å². The Labute approximate surface area is 137 Å². The fraction of sp³-hybridized carbons (Fsp3) is 0.235. The number of anilines is 1. The van der Waals surface area contributed by atoms with Gasteiger partial charge in [-0.05, 0) is 30.3 Å². The maximum absolute atomic E-state index is 13.3. The molecule has 3 heterocycles. The predicted octanol–water partition coefficient (Wildman–Crippen LogP) is 2.06. The van der Waals surface area contributed by atoms with Gasteiger partial charge in [0.1, 0.15) is 11.5 Å². The van der Waals surface area contributed by atoms with Crippen LogP contribution in [-0.2, 0) is 0 Å². The van der Waals surface area contributed by atoms with Gasteiger partial charge in [0.25, 0.3) is 5.91 Å². The minimum atomic E-state index is -0.308. The van der Waals surface area contributed by atoms with Gasteiger partial charge in [-0.3, -0.25) is 4.79 Å². The van der Waals surface area contributed by atoms with Crippen LogP contribution < -0.4 is 4.90 Å². The molecule has 122 valence electrons. The average Bonchev–Trinajstić information content (AvgIpc) is 3.05. The van der Waals surface area contributed by atoms with Crippen LogP contribution in [0.5, 0.6) is 0 Å². The zero-order valence-electron chi connectivity index (χ0n) is 12.9. The van der Waals surface area contributed by atoms with Crippen LogP contribution in [0.3, 0.4) is 0 Å². The number of nitrogens with one attached hydrogen (secondary N) is 1. The summed E-state index contributed by atoms with van der Waals surface area (Å²) in [5, 5.41) is 0.703. The highest BCUT2D eigenvalue weighted by atomic mass is 19.1. The molecule has 1 aliphatic heterocycles. The third-order valence-electron chi connectivity index (χ3n) is 4.22. The number of nitrogens with zero attached hydrogens (tertiary/aromatic N) is 4. The van der Waals surface area contributed by atoms with Gasteiger partial charge in [-0.2, -0.15) is 0 Å². The molecule has 0 radical (unpaired) electrons. The van der Waals surface area contributed by atoms with E-state index in [9.17, 15) is 9.18 Å². The molecule has 0 bridgehead atoms. The van der Waals surface area contributed by atoms with Gasteiger partial charge in [0, 0.05) is 49.5 Å². The molecule has 0 spiro atoms. The summed E-state index contributed by atoms with van der Waals surface area (Å²) in [7, 11) is 0. The molecule has 0 saturated carbocycles. The minimum absolute atomic E-state index is 0.0692. The standard InChI is InChI=1S/C17H16FN5O/c18-13-2-3-14-12(10-13)11-15(21-14)16(24)22-6-8-23(9-7-22)17-19-4-1-5-20-17/h1-5,10-11,21H,6-9H2. The molecule has 2 aromatic heterocycles. The predicted molar refractivity (Wildman–Crippen MR) is 88.4 cm³/mol. The highest BCUT2D eigenvalue weighted by Crippen LogP contribution is 2.19. The Morgan fingerprint density at radius 3 is 2.58 bits per heavy atom. The summed E-state index contributed by atoms with van der Waals surface area (Å²) >= 11 is 0. The van der Waals surface area contributed by atoms with Gasteiger partial charge in [-0.15, -0.1) is 0 Å². The lowest BCUT2D eigenvalue weighted by molar-refractivity contribution is 0.0741. The quantitative estimate of drug-likeness (QED) is 0.783. The molecule has 1 aliphatic rings. The molecule has 1 amide bonds. The molecular weight excluding hydrogens is 309 g/mol. The van der Waals surface area contributed by atoms with E-state index in [0.717, 1.165) is 5.52 Å². The lowest BCUT2D eigenvalue weighted by Crippen LogP contribution is -2.49. The summed E-state index contributed by atoms with van der Waals surface area (Å²) in [5.41, 5.74) is 1.25. The minimum Gasteiger partial charge on any atom is -0.351 e. The zero-order chi connectivity index (χ0) is 16.5. The SMILES string of the molecule is O=C(c1cc2cc(F)ccc2[nH]1)N1CCN(c2ncccn2)CC1. The van der Waals surface area contributed by atoms with Gasteiger partial charge in [0.15, 0.2) is 0 Å². The van der Waals surface area contributed by atoms with Gasteiger partial charge >= 0.3 is 0 Å². The summed E-state index contributed by atoms with van der Waals surface area (Å²) in [6.45, 7) is 2.57. The molecule has 24 heavy (non-hydrogen) atoms. The summed E-state index contributed by atoms with van der Waals surface area (Å²) in [6.07, 6.45) is 3.42. The second kappa shape index (κ2) is 5.92. The first kappa shape index (κ1) is 14.6. The smallest absolute Gasteiger partial charge is 0.270 e. The Kier molecular flexibility index (Phi) is 3.60. The van der Waals surface area contributed by atoms with Crippen LogP contribution in [0, 0.1) is 5.82 Å². The van der Waals surface area contributed by atoms with Crippen molar-refractivity contribution in [2.45, 2.75) is 0 Å². The fourth-order valence-corrected chi connectivity index (χ4v) is 2.95. The lowest BCUT2D eigenvalue weighted by atomic mass is 10.2. The van der Waals surface area contributed by atoms with Crippen LogP contribution in [-0.4, -0.2) is 51.9 Å². The Balaban J connectivity index is 1.47. The molecule has 6 nitrogen and oxygen atoms in total. The van der Waals surface area contributed by atoms with Gasteiger partial charge in [0.2, 0.25) is 5.95 Å². The molecule has 4 rings (SSSR count). The number of fused-ring (bicyclic) bond motifs is 1. The molecule has 1 fully saturated rings. The van der Waals surface area contributed by atoms with Crippen LogP contribution in [0.25, 0.3) is 10.9 Å². The molecule has 0 atom stereocenters. The number of amides is 1. The topological polar surface area (TPSA) is 65.1 Å². The number of H-pyrrole nitrogens is 1. The van der Waals surface area contributed by atoms with E-state index in [-0.39, 0.29) is 11.7 Å². The second-order valence-corrected chi connectivity index (χ2v) is 5.74. The summed E-state index contributed by atoms with van der Waals surface area (Å²) in [6, 6.07) is 7.93. The van der Waals surface area contributed by atoms with E-state index < -0.39 is 0 Å². The normalized spacial score (nSPS) is 15.0. The Morgan fingerprint density at radius 2 is 1.83 bits per heavy atom. The number of carbonyl (C=O) groups excluding carboxylic acids is 1. The number of aromatic amines is 1. The van der Waals surface area contributed by atoms with Gasteiger partial charge in [-0.25, -0.2) is 14.4 Å². The third-order valence-corrected chi connectivity index (χ3v) is 4.22. The van der Waals surface area contributed by atoms with Crippen molar-refractivity contribution < 1.29 is 9.18 Å². The third kappa shape index (κ3) is 2.68. The van der Waals surface area contributed by atoms with Crippen molar-refractivity contribution in [3.63, 3.8) is 0 Å². The maximum atomic E-state index is 13.3. The van der Waals surface area contributed by atoms with E-state index in [1.54, 1.807) is 35.5 Å².